The van der Waals surface area contributed by atoms with Gasteiger partial charge in [0.2, 0.25) is 5.91 Å². The van der Waals surface area contributed by atoms with E-state index in [0.717, 1.165) is 6.54 Å². The second-order valence-electron chi connectivity index (χ2n) is 5.85. The van der Waals surface area contributed by atoms with E-state index in [4.69, 9.17) is 5.73 Å². The van der Waals surface area contributed by atoms with Crippen molar-refractivity contribution in [1.29, 1.82) is 0 Å². The van der Waals surface area contributed by atoms with E-state index in [2.05, 4.69) is 5.32 Å². The molecule has 0 aromatic carbocycles. The van der Waals surface area contributed by atoms with Crippen molar-refractivity contribution in [2.45, 2.75) is 44.9 Å². The predicted octanol–water partition coefficient (Wildman–Crippen LogP) is 1.47. The molecule has 0 aromatic rings. The summed E-state index contributed by atoms with van der Waals surface area (Å²) in [5.41, 5.74) is 5.29. The van der Waals surface area contributed by atoms with E-state index in [0.29, 0.717) is 31.8 Å². The predicted molar refractivity (Wildman–Crippen MR) is 73.5 cm³/mol. The van der Waals surface area contributed by atoms with Crippen LogP contribution in [-0.2, 0) is 4.79 Å². The standard InChI is InChI=1S/C14H25N3O2/c15-13(18)12-6-8-17(9-7-12)14(19)16-10-11-4-2-1-3-5-11/h11-12H,1-10H2,(H2,15,18)(H,16,19). The van der Waals surface area contributed by atoms with Crippen LogP contribution in [0.15, 0.2) is 0 Å². The first-order valence-corrected chi connectivity index (χ1v) is 7.49. The highest BCUT2D eigenvalue weighted by molar-refractivity contribution is 5.78. The quantitative estimate of drug-likeness (QED) is 0.812. The van der Waals surface area contributed by atoms with Gasteiger partial charge in [0.05, 0.1) is 0 Å². The average Bonchev–Trinajstić information content (AvgIpc) is 2.46. The topological polar surface area (TPSA) is 75.4 Å². The first-order chi connectivity index (χ1) is 9.16. The lowest BCUT2D eigenvalue weighted by molar-refractivity contribution is -0.123. The van der Waals surface area contributed by atoms with Gasteiger partial charge in [-0.15, -0.1) is 0 Å². The number of piperidine rings is 1. The molecule has 1 aliphatic carbocycles. The largest absolute Gasteiger partial charge is 0.369 e. The lowest BCUT2D eigenvalue weighted by atomic mass is 9.89. The van der Waals surface area contributed by atoms with Gasteiger partial charge in [0.1, 0.15) is 0 Å². The van der Waals surface area contributed by atoms with Crippen LogP contribution in [-0.4, -0.2) is 36.5 Å². The highest BCUT2D eigenvalue weighted by Gasteiger charge is 2.26. The van der Waals surface area contributed by atoms with Crippen molar-refractivity contribution in [3.05, 3.63) is 0 Å². The van der Waals surface area contributed by atoms with Crippen LogP contribution in [0.4, 0.5) is 4.79 Å². The zero-order chi connectivity index (χ0) is 13.7. The smallest absolute Gasteiger partial charge is 0.317 e. The minimum atomic E-state index is -0.234. The van der Waals surface area contributed by atoms with Crippen molar-refractivity contribution >= 4 is 11.9 Å². The van der Waals surface area contributed by atoms with Gasteiger partial charge in [-0.1, -0.05) is 19.3 Å². The number of primary amides is 1. The van der Waals surface area contributed by atoms with Crippen LogP contribution >= 0.6 is 0 Å². The van der Waals surface area contributed by atoms with Crippen LogP contribution < -0.4 is 11.1 Å². The van der Waals surface area contributed by atoms with Gasteiger partial charge < -0.3 is 16.0 Å². The molecule has 2 rings (SSSR count). The molecule has 19 heavy (non-hydrogen) atoms. The molecule has 1 saturated carbocycles. The van der Waals surface area contributed by atoms with Crippen LogP contribution in [0.3, 0.4) is 0 Å². The first kappa shape index (κ1) is 14.2. The van der Waals surface area contributed by atoms with E-state index in [9.17, 15) is 9.59 Å². The second-order valence-corrected chi connectivity index (χ2v) is 5.85. The van der Waals surface area contributed by atoms with E-state index in [1.54, 1.807) is 0 Å². The number of amides is 3. The van der Waals surface area contributed by atoms with Crippen LogP contribution in [0.1, 0.15) is 44.9 Å². The Hall–Kier alpha value is -1.26. The summed E-state index contributed by atoms with van der Waals surface area (Å²) in [5.74, 6) is 0.366. The maximum Gasteiger partial charge on any atom is 0.317 e. The molecule has 1 aliphatic heterocycles. The molecule has 0 aromatic heterocycles. The van der Waals surface area contributed by atoms with Gasteiger partial charge >= 0.3 is 6.03 Å². The summed E-state index contributed by atoms with van der Waals surface area (Å²) in [7, 11) is 0. The molecule has 0 radical (unpaired) electrons. The minimum Gasteiger partial charge on any atom is -0.369 e. The van der Waals surface area contributed by atoms with Gasteiger partial charge in [0.25, 0.3) is 0 Å². The number of likely N-dealkylation sites (tertiary alicyclic amines) is 1. The highest BCUT2D eigenvalue weighted by atomic mass is 16.2. The molecule has 3 N–H and O–H groups in total. The molecule has 0 spiro atoms. The molecule has 0 bridgehead atoms. The maximum atomic E-state index is 12.0. The van der Waals surface area contributed by atoms with Gasteiger partial charge in [-0.2, -0.15) is 0 Å². The van der Waals surface area contributed by atoms with E-state index < -0.39 is 0 Å². The summed E-state index contributed by atoms with van der Waals surface area (Å²) < 4.78 is 0. The number of hydrogen-bond donors (Lipinski definition) is 2. The van der Waals surface area contributed by atoms with Gasteiger partial charge in [0.15, 0.2) is 0 Å². The average molecular weight is 267 g/mol. The fraction of sp³-hybridized carbons (Fsp3) is 0.857. The van der Waals surface area contributed by atoms with Gasteiger partial charge in [-0.05, 0) is 31.6 Å². The Bertz CT molecular complexity index is 319. The van der Waals surface area contributed by atoms with Gasteiger partial charge in [0, 0.05) is 25.6 Å². The van der Waals surface area contributed by atoms with E-state index in [1.807, 2.05) is 4.90 Å². The monoisotopic (exact) mass is 267 g/mol. The van der Waals surface area contributed by atoms with Crippen LogP contribution in [0.25, 0.3) is 0 Å². The van der Waals surface area contributed by atoms with E-state index in [-0.39, 0.29) is 17.9 Å². The molecule has 3 amide bonds. The molecule has 1 heterocycles. The van der Waals surface area contributed by atoms with Crippen molar-refractivity contribution in [2.75, 3.05) is 19.6 Å². The Kier molecular flexibility index (Phi) is 5.05. The van der Waals surface area contributed by atoms with Crippen molar-refractivity contribution in [3.63, 3.8) is 0 Å². The summed E-state index contributed by atoms with van der Waals surface area (Å²) in [4.78, 5) is 24.9. The van der Waals surface area contributed by atoms with Crippen molar-refractivity contribution in [1.82, 2.24) is 10.2 Å². The summed E-state index contributed by atoms with van der Waals surface area (Å²) in [5, 5.41) is 3.04. The summed E-state index contributed by atoms with van der Waals surface area (Å²) >= 11 is 0. The summed E-state index contributed by atoms with van der Waals surface area (Å²) in [6, 6.07) is 0.0218. The third-order valence-corrected chi connectivity index (χ3v) is 4.45. The number of rotatable bonds is 3. The van der Waals surface area contributed by atoms with Gasteiger partial charge in [-0.25, -0.2) is 4.79 Å². The fourth-order valence-electron chi connectivity index (χ4n) is 3.10. The van der Waals surface area contributed by atoms with Crippen molar-refractivity contribution in [3.8, 4) is 0 Å². The first-order valence-electron chi connectivity index (χ1n) is 7.49. The number of urea groups is 1. The maximum absolute atomic E-state index is 12.0. The van der Waals surface area contributed by atoms with Crippen LogP contribution in [0.2, 0.25) is 0 Å². The zero-order valence-electron chi connectivity index (χ0n) is 11.6. The molecular weight excluding hydrogens is 242 g/mol. The molecule has 2 aliphatic rings. The van der Waals surface area contributed by atoms with Gasteiger partial charge in [-0.3, -0.25) is 4.79 Å². The highest BCUT2D eigenvalue weighted by Crippen LogP contribution is 2.23. The molecule has 1 saturated heterocycles. The normalized spacial score (nSPS) is 22.2. The van der Waals surface area contributed by atoms with Crippen LogP contribution in [0, 0.1) is 11.8 Å². The number of nitrogens with zero attached hydrogens (tertiary/aromatic N) is 1. The minimum absolute atomic E-state index is 0.0218. The van der Waals surface area contributed by atoms with E-state index in [1.165, 1.54) is 32.1 Å². The molecule has 5 nitrogen and oxygen atoms in total. The number of carbonyl (C=O) groups excluding carboxylic acids is 2. The molecule has 108 valence electrons. The molecule has 0 unspecified atom stereocenters. The van der Waals surface area contributed by atoms with E-state index >= 15 is 0 Å². The number of hydrogen-bond acceptors (Lipinski definition) is 2. The van der Waals surface area contributed by atoms with Crippen molar-refractivity contribution < 1.29 is 9.59 Å². The Morgan fingerprint density at radius 2 is 1.68 bits per heavy atom. The third kappa shape index (κ3) is 4.11. The molecule has 5 heteroatoms. The summed E-state index contributed by atoms with van der Waals surface area (Å²) in [6.45, 7) is 2.09. The lowest BCUT2D eigenvalue weighted by Gasteiger charge is -2.31. The fourth-order valence-corrected chi connectivity index (χ4v) is 3.10. The number of nitrogens with one attached hydrogen (secondary N) is 1. The number of carbonyl (C=O) groups is 2. The van der Waals surface area contributed by atoms with Crippen molar-refractivity contribution in [2.24, 2.45) is 17.6 Å². The third-order valence-electron chi connectivity index (χ3n) is 4.45. The Balaban J connectivity index is 1.67. The zero-order valence-corrected chi connectivity index (χ0v) is 11.6. The Labute approximate surface area is 114 Å². The number of nitrogens with two attached hydrogens (primary N) is 1. The molecular formula is C14H25N3O2. The molecule has 2 fully saturated rings. The van der Waals surface area contributed by atoms with Crippen LogP contribution in [0.5, 0.6) is 0 Å². The SMILES string of the molecule is NC(=O)C1CCN(C(=O)NCC2CCCCC2)CC1. The Morgan fingerprint density at radius 3 is 2.26 bits per heavy atom. The second kappa shape index (κ2) is 6.78. The Morgan fingerprint density at radius 1 is 1.05 bits per heavy atom. The molecule has 0 atom stereocenters. The lowest BCUT2D eigenvalue weighted by Crippen LogP contribution is -2.47. The summed E-state index contributed by atoms with van der Waals surface area (Å²) in [6.07, 6.45) is 7.81.